The van der Waals surface area contributed by atoms with Gasteiger partial charge in [-0.25, -0.2) is 0 Å². The SMILES string of the molecule is CN(C)Cc1ncccc1C1(C)CCCO1. The lowest BCUT2D eigenvalue weighted by Gasteiger charge is -2.26. The third-order valence-electron chi connectivity index (χ3n) is 3.14. The molecule has 1 unspecified atom stereocenters. The van der Waals surface area contributed by atoms with Crippen molar-refractivity contribution in [2.45, 2.75) is 31.9 Å². The van der Waals surface area contributed by atoms with Crippen molar-refractivity contribution in [3.63, 3.8) is 0 Å². The van der Waals surface area contributed by atoms with Crippen LogP contribution in [0.15, 0.2) is 18.3 Å². The Bertz CT molecular complexity index is 357. The number of pyridine rings is 1. The van der Waals surface area contributed by atoms with Crippen LogP contribution in [0.1, 0.15) is 31.0 Å². The zero-order valence-electron chi connectivity index (χ0n) is 10.4. The average molecular weight is 220 g/mol. The molecule has 2 rings (SSSR count). The zero-order chi connectivity index (χ0) is 11.6. The van der Waals surface area contributed by atoms with Crippen molar-refractivity contribution in [1.82, 2.24) is 9.88 Å². The molecule has 0 amide bonds. The van der Waals surface area contributed by atoms with Crippen LogP contribution in [0, 0.1) is 0 Å². The normalized spacial score (nSPS) is 25.2. The van der Waals surface area contributed by atoms with Crippen molar-refractivity contribution in [2.24, 2.45) is 0 Å². The molecule has 1 fully saturated rings. The van der Waals surface area contributed by atoms with Gasteiger partial charge in [0, 0.05) is 24.9 Å². The van der Waals surface area contributed by atoms with Crippen LogP contribution in [0.5, 0.6) is 0 Å². The molecule has 0 spiro atoms. The van der Waals surface area contributed by atoms with Gasteiger partial charge in [0.05, 0.1) is 11.3 Å². The Morgan fingerprint density at radius 2 is 2.31 bits per heavy atom. The number of nitrogens with zero attached hydrogens (tertiary/aromatic N) is 2. The first-order valence-electron chi connectivity index (χ1n) is 5.85. The van der Waals surface area contributed by atoms with Crippen LogP contribution in [0.4, 0.5) is 0 Å². The van der Waals surface area contributed by atoms with Crippen LogP contribution in [0.2, 0.25) is 0 Å². The van der Waals surface area contributed by atoms with E-state index in [-0.39, 0.29) is 5.60 Å². The van der Waals surface area contributed by atoms with Crippen LogP contribution in [0.3, 0.4) is 0 Å². The largest absolute Gasteiger partial charge is 0.371 e. The fraction of sp³-hybridized carbons (Fsp3) is 0.615. The van der Waals surface area contributed by atoms with E-state index in [4.69, 9.17) is 4.74 Å². The van der Waals surface area contributed by atoms with Gasteiger partial charge in [-0.2, -0.15) is 0 Å². The van der Waals surface area contributed by atoms with Gasteiger partial charge in [0.15, 0.2) is 0 Å². The summed E-state index contributed by atoms with van der Waals surface area (Å²) in [6.45, 7) is 3.91. The van der Waals surface area contributed by atoms with Gasteiger partial charge >= 0.3 is 0 Å². The highest BCUT2D eigenvalue weighted by atomic mass is 16.5. The highest BCUT2D eigenvalue weighted by Crippen LogP contribution is 2.36. The van der Waals surface area contributed by atoms with Gasteiger partial charge in [-0.05, 0) is 39.9 Å². The van der Waals surface area contributed by atoms with E-state index in [1.54, 1.807) is 0 Å². The fourth-order valence-corrected chi connectivity index (χ4v) is 2.34. The Labute approximate surface area is 97.4 Å². The second-order valence-corrected chi connectivity index (χ2v) is 4.92. The summed E-state index contributed by atoms with van der Waals surface area (Å²) in [7, 11) is 4.13. The second kappa shape index (κ2) is 4.52. The molecule has 0 saturated carbocycles. The minimum Gasteiger partial charge on any atom is -0.371 e. The van der Waals surface area contributed by atoms with Gasteiger partial charge in [-0.15, -0.1) is 0 Å². The van der Waals surface area contributed by atoms with Crippen LogP contribution in [-0.4, -0.2) is 30.6 Å². The van der Waals surface area contributed by atoms with Gasteiger partial charge < -0.3 is 9.64 Å². The molecule has 0 N–H and O–H groups in total. The smallest absolute Gasteiger partial charge is 0.0922 e. The van der Waals surface area contributed by atoms with Crippen molar-refractivity contribution in [3.8, 4) is 0 Å². The van der Waals surface area contributed by atoms with Crippen LogP contribution in [-0.2, 0) is 16.9 Å². The van der Waals surface area contributed by atoms with Gasteiger partial charge in [0.1, 0.15) is 0 Å². The predicted molar refractivity (Wildman–Crippen MR) is 64.2 cm³/mol. The third kappa shape index (κ3) is 2.25. The Balaban J connectivity index is 2.32. The number of rotatable bonds is 3. The molecule has 16 heavy (non-hydrogen) atoms. The fourth-order valence-electron chi connectivity index (χ4n) is 2.34. The van der Waals surface area contributed by atoms with Crippen molar-refractivity contribution in [2.75, 3.05) is 20.7 Å². The first-order valence-corrected chi connectivity index (χ1v) is 5.85. The van der Waals surface area contributed by atoms with E-state index in [9.17, 15) is 0 Å². The molecule has 1 aromatic rings. The standard InChI is InChI=1S/C13H20N2O/c1-13(7-5-9-16-13)11-6-4-8-14-12(11)10-15(2)3/h4,6,8H,5,7,9-10H2,1-3H3. The van der Waals surface area contributed by atoms with Crippen molar-refractivity contribution in [3.05, 3.63) is 29.6 Å². The minimum absolute atomic E-state index is 0.125. The summed E-state index contributed by atoms with van der Waals surface area (Å²) >= 11 is 0. The van der Waals surface area contributed by atoms with Gasteiger partial charge in [-0.1, -0.05) is 6.07 Å². The summed E-state index contributed by atoms with van der Waals surface area (Å²) in [4.78, 5) is 6.63. The van der Waals surface area contributed by atoms with E-state index in [0.29, 0.717) is 0 Å². The Morgan fingerprint density at radius 1 is 1.50 bits per heavy atom. The molecule has 0 radical (unpaired) electrons. The molecule has 1 saturated heterocycles. The average Bonchev–Trinajstić information content (AvgIpc) is 2.66. The number of aromatic nitrogens is 1. The van der Waals surface area contributed by atoms with E-state index in [0.717, 1.165) is 31.7 Å². The maximum absolute atomic E-state index is 5.89. The van der Waals surface area contributed by atoms with E-state index < -0.39 is 0 Å². The van der Waals surface area contributed by atoms with E-state index in [2.05, 4.69) is 37.0 Å². The molecule has 1 aromatic heterocycles. The summed E-state index contributed by atoms with van der Waals surface area (Å²) in [6, 6.07) is 4.15. The summed E-state index contributed by atoms with van der Waals surface area (Å²) in [5, 5.41) is 0. The summed E-state index contributed by atoms with van der Waals surface area (Å²) in [5.74, 6) is 0. The molecule has 0 bridgehead atoms. The molecule has 88 valence electrons. The van der Waals surface area contributed by atoms with Gasteiger partial charge in [0.2, 0.25) is 0 Å². The Kier molecular flexibility index (Phi) is 3.26. The molecule has 1 aliphatic heterocycles. The highest BCUT2D eigenvalue weighted by molar-refractivity contribution is 5.27. The van der Waals surface area contributed by atoms with E-state index in [1.807, 2.05) is 12.3 Å². The lowest BCUT2D eigenvalue weighted by atomic mass is 9.91. The number of hydrogen-bond donors (Lipinski definition) is 0. The van der Waals surface area contributed by atoms with Crippen molar-refractivity contribution in [1.29, 1.82) is 0 Å². The molecule has 0 aromatic carbocycles. The first-order chi connectivity index (χ1) is 7.62. The topological polar surface area (TPSA) is 25.4 Å². The zero-order valence-corrected chi connectivity index (χ0v) is 10.4. The Hall–Kier alpha value is -0.930. The molecule has 0 aliphatic carbocycles. The lowest BCUT2D eigenvalue weighted by Crippen LogP contribution is -2.24. The van der Waals surface area contributed by atoms with Crippen molar-refractivity contribution < 1.29 is 4.74 Å². The number of ether oxygens (including phenoxy) is 1. The predicted octanol–water partition coefficient (Wildman–Crippen LogP) is 2.17. The molecular weight excluding hydrogens is 200 g/mol. The Morgan fingerprint density at radius 3 is 2.94 bits per heavy atom. The lowest BCUT2D eigenvalue weighted by molar-refractivity contribution is 0.0154. The first kappa shape index (κ1) is 11.6. The summed E-state index contributed by atoms with van der Waals surface area (Å²) in [6.07, 6.45) is 4.10. The van der Waals surface area contributed by atoms with Crippen LogP contribution >= 0.6 is 0 Å². The molecule has 1 aliphatic rings. The molecule has 1 atom stereocenters. The third-order valence-corrected chi connectivity index (χ3v) is 3.14. The maximum Gasteiger partial charge on any atom is 0.0922 e. The quantitative estimate of drug-likeness (QED) is 0.780. The van der Waals surface area contributed by atoms with Crippen molar-refractivity contribution >= 4 is 0 Å². The minimum atomic E-state index is -0.125. The molecule has 2 heterocycles. The monoisotopic (exact) mass is 220 g/mol. The van der Waals surface area contributed by atoms with E-state index in [1.165, 1.54) is 5.56 Å². The maximum atomic E-state index is 5.89. The van der Waals surface area contributed by atoms with Crippen LogP contribution < -0.4 is 0 Å². The highest BCUT2D eigenvalue weighted by Gasteiger charge is 2.33. The molecule has 3 nitrogen and oxygen atoms in total. The van der Waals surface area contributed by atoms with Crippen LogP contribution in [0.25, 0.3) is 0 Å². The summed E-state index contributed by atoms with van der Waals surface area (Å²) in [5.41, 5.74) is 2.26. The molecular formula is C13H20N2O. The van der Waals surface area contributed by atoms with Gasteiger partial charge in [-0.3, -0.25) is 4.98 Å². The second-order valence-electron chi connectivity index (χ2n) is 4.92. The molecule has 3 heteroatoms. The number of hydrogen-bond acceptors (Lipinski definition) is 3. The van der Waals surface area contributed by atoms with Gasteiger partial charge in [0.25, 0.3) is 0 Å². The van der Waals surface area contributed by atoms with E-state index >= 15 is 0 Å². The summed E-state index contributed by atoms with van der Waals surface area (Å²) < 4.78 is 5.89.